The maximum absolute atomic E-state index is 12.4. The second kappa shape index (κ2) is 6.93. The third-order valence-corrected chi connectivity index (χ3v) is 3.39. The Hall–Kier alpha value is -3.19. The van der Waals surface area contributed by atoms with Gasteiger partial charge in [-0.2, -0.15) is 5.10 Å². The van der Waals surface area contributed by atoms with Crippen molar-refractivity contribution in [3.63, 3.8) is 0 Å². The number of aromatic amines is 1. The summed E-state index contributed by atoms with van der Waals surface area (Å²) in [5.74, 6) is -0.541. The molecule has 122 valence electrons. The number of hydrogen-bond acceptors (Lipinski definition) is 4. The summed E-state index contributed by atoms with van der Waals surface area (Å²) in [5.41, 5.74) is 2.37. The third-order valence-electron chi connectivity index (χ3n) is 3.39. The molecule has 0 unspecified atom stereocenters. The number of carbonyl (C=O) groups excluding carboxylic acids is 2. The lowest BCUT2D eigenvalue weighted by atomic mass is 10.2. The molecule has 0 aliphatic carbocycles. The molecule has 1 heterocycles. The largest absolute Gasteiger partial charge is 0.375 e. The minimum atomic E-state index is -0.302. The van der Waals surface area contributed by atoms with Crippen molar-refractivity contribution in [1.29, 1.82) is 0 Å². The van der Waals surface area contributed by atoms with Gasteiger partial charge in [0.25, 0.3) is 5.91 Å². The molecule has 0 fully saturated rings. The van der Waals surface area contributed by atoms with Gasteiger partial charge in [0.05, 0.1) is 5.52 Å². The van der Waals surface area contributed by atoms with Crippen LogP contribution in [0.4, 0.5) is 11.4 Å². The number of ether oxygens (including phenoxy) is 1. The Morgan fingerprint density at radius 3 is 2.42 bits per heavy atom. The van der Waals surface area contributed by atoms with Gasteiger partial charge in [-0.25, -0.2) is 0 Å². The van der Waals surface area contributed by atoms with E-state index < -0.39 is 0 Å². The van der Waals surface area contributed by atoms with Crippen molar-refractivity contribution in [2.75, 3.05) is 24.4 Å². The molecule has 0 bridgehead atoms. The van der Waals surface area contributed by atoms with Gasteiger partial charge in [-0.05, 0) is 30.3 Å². The molecule has 2 aromatic carbocycles. The van der Waals surface area contributed by atoms with Gasteiger partial charge in [0.2, 0.25) is 5.91 Å². The second-order valence-corrected chi connectivity index (χ2v) is 5.13. The predicted octanol–water partition coefficient (Wildman–Crippen LogP) is 2.40. The van der Waals surface area contributed by atoms with Crippen molar-refractivity contribution < 1.29 is 14.3 Å². The Balaban J connectivity index is 1.69. The molecule has 0 spiro atoms. The first kappa shape index (κ1) is 15.7. The van der Waals surface area contributed by atoms with Gasteiger partial charge in [-0.15, -0.1) is 0 Å². The topological polar surface area (TPSA) is 96.1 Å². The third kappa shape index (κ3) is 3.41. The standard InChI is InChI=1S/C17H16N4O3/c1-24-10-15(22)18-11-6-8-12(9-7-11)19-17(23)16-13-4-2-3-5-14(13)20-21-16/h2-9H,10H2,1H3,(H,18,22)(H,19,23)(H,20,21). The molecule has 7 heteroatoms. The van der Waals surface area contributed by atoms with Crippen LogP contribution in [0, 0.1) is 0 Å². The first-order valence-corrected chi connectivity index (χ1v) is 7.30. The molecule has 3 N–H and O–H groups in total. The minimum absolute atomic E-state index is 0.00921. The summed E-state index contributed by atoms with van der Waals surface area (Å²) in [5, 5.41) is 13.1. The number of carbonyl (C=O) groups is 2. The molecule has 0 aliphatic rings. The molecule has 1 aromatic heterocycles. The molecule has 2 amide bonds. The molecule has 0 atom stereocenters. The van der Waals surface area contributed by atoms with E-state index >= 15 is 0 Å². The lowest BCUT2D eigenvalue weighted by Gasteiger charge is -2.07. The highest BCUT2D eigenvalue weighted by atomic mass is 16.5. The zero-order valence-electron chi connectivity index (χ0n) is 13.0. The number of amides is 2. The molecule has 0 saturated carbocycles. The number of anilines is 2. The minimum Gasteiger partial charge on any atom is -0.375 e. The van der Waals surface area contributed by atoms with E-state index in [0.29, 0.717) is 17.1 Å². The smallest absolute Gasteiger partial charge is 0.276 e. The number of para-hydroxylation sites is 1. The summed E-state index contributed by atoms with van der Waals surface area (Å²) in [7, 11) is 1.46. The van der Waals surface area contributed by atoms with E-state index in [1.165, 1.54) is 7.11 Å². The van der Waals surface area contributed by atoms with Gasteiger partial charge in [-0.3, -0.25) is 14.7 Å². The molecular formula is C17H16N4O3. The Labute approximate surface area is 138 Å². The monoisotopic (exact) mass is 324 g/mol. The van der Waals surface area contributed by atoms with Crippen molar-refractivity contribution in [2.24, 2.45) is 0 Å². The van der Waals surface area contributed by atoms with Gasteiger partial charge in [0, 0.05) is 23.9 Å². The lowest BCUT2D eigenvalue weighted by Crippen LogP contribution is -2.17. The highest BCUT2D eigenvalue weighted by Crippen LogP contribution is 2.18. The average molecular weight is 324 g/mol. The molecule has 7 nitrogen and oxygen atoms in total. The summed E-state index contributed by atoms with van der Waals surface area (Å²) >= 11 is 0. The van der Waals surface area contributed by atoms with Crippen LogP contribution in [0.1, 0.15) is 10.5 Å². The van der Waals surface area contributed by atoms with Crippen LogP contribution in [0.2, 0.25) is 0 Å². The van der Waals surface area contributed by atoms with Crippen LogP contribution in [-0.2, 0) is 9.53 Å². The van der Waals surface area contributed by atoms with Crippen LogP contribution < -0.4 is 10.6 Å². The number of benzene rings is 2. The number of nitrogens with one attached hydrogen (secondary N) is 3. The van der Waals surface area contributed by atoms with Crippen molar-refractivity contribution in [2.45, 2.75) is 0 Å². The summed E-state index contributed by atoms with van der Waals surface area (Å²) in [6.45, 7) is -0.00921. The average Bonchev–Trinajstić information content (AvgIpc) is 3.01. The van der Waals surface area contributed by atoms with Crippen molar-refractivity contribution in [1.82, 2.24) is 10.2 Å². The van der Waals surface area contributed by atoms with Gasteiger partial charge >= 0.3 is 0 Å². The normalized spacial score (nSPS) is 10.5. The first-order chi connectivity index (χ1) is 11.7. The Kier molecular flexibility index (Phi) is 4.53. The van der Waals surface area contributed by atoms with Crippen LogP contribution in [0.3, 0.4) is 0 Å². The second-order valence-electron chi connectivity index (χ2n) is 5.13. The fourth-order valence-electron chi connectivity index (χ4n) is 2.29. The van der Waals surface area contributed by atoms with Crippen molar-refractivity contribution in [3.8, 4) is 0 Å². The molecule has 0 aliphatic heterocycles. The van der Waals surface area contributed by atoms with E-state index in [0.717, 1.165) is 10.9 Å². The first-order valence-electron chi connectivity index (χ1n) is 7.30. The summed E-state index contributed by atoms with van der Waals surface area (Å²) in [4.78, 5) is 23.8. The molecule has 3 rings (SSSR count). The van der Waals surface area contributed by atoms with E-state index in [1.54, 1.807) is 24.3 Å². The summed E-state index contributed by atoms with van der Waals surface area (Å²) < 4.78 is 4.75. The Bertz CT molecular complexity index is 871. The van der Waals surface area contributed by atoms with E-state index in [4.69, 9.17) is 4.74 Å². The Morgan fingerprint density at radius 1 is 1.04 bits per heavy atom. The summed E-state index contributed by atoms with van der Waals surface area (Å²) in [6, 6.07) is 14.2. The van der Waals surface area contributed by atoms with E-state index in [9.17, 15) is 9.59 Å². The number of fused-ring (bicyclic) bond motifs is 1. The number of nitrogens with zero attached hydrogens (tertiary/aromatic N) is 1. The van der Waals surface area contributed by atoms with Crippen LogP contribution in [0.25, 0.3) is 10.9 Å². The number of aromatic nitrogens is 2. The van der Waals surface area contributed by atoms with Crippen LogP contribution in [0.15, 0.2) is 48.5 Å². The summed E-state index contributed by atoms with van der Waals surface area (Å²) in [6.07, 6.45) is 0. The van der Waals surface area contributed by atoms with E-state index in [1.807, 2.05) is 24.3 Å². The van der Waals surface area contributed by atoms with Gasteiger partial charge in [0.1, 0.15) is 6.61 Å². The fraction of sp³-hybridized carbons (Fsp3) is 0.118. The quantitative estimate of drug-likeness (QED) is 0.671. The number of hydrogen-bond donors (Lipinski definition) is 3. The maximum atomic E-state index is 12.4. The van der Waals surface area contributed by atoms with Gasteiger partial charge in [0.15, 0.2) is 5.69 Å². The van der Waals surface area contributed by atoms with E-state index in [-0.39, 0.29) is 18.4 Å². The van der Waals surface area contributed by atoms with Crippen LogP contribution in [0.5, 0.6) is 0 Å². The number of methoxy groups -OCH3 is 1. The molecule has 0 saturated heterocycles. The lowest BCUT2D eigenvalue weighted by molar-refractivity contribution is -0.119. The van der Waals surface area contributed by atoms with Crippen LogP contribution >= 0.6 is 0 Å². The molecule has 0 radical (unpaired) electrons. The Morgan fingerprint density at radius 2 is 1.71 bits per heavy atom. The SMILES string of the molecule is COCC(=O)Nc1ccc(NC(=O)c2n[nH]c3ccccc23)cc1. The molecular weight excluding hydrogens is 308 g/mol. The van der Waals surface area contributed by atoms with Crippen molar-refractivity contribution in [3.05, 3.63) is 54.2 Å². The van der Waals surface area contributed by atoms with Gasteiger partial charge < -0.3 is 15.4 Å². The maximum Gasteiger partial charge on any atom is 0.276 e. The highest BCUT2D eigenvalue weighted by Gasteiger charge is 2.13. The van der Waals surface area contributed by atoms with E-state index in [2.05, 4.69) is 20.8 Å². The van der Waals surface area contributed by atoms with Crippen LogP contribution in [-0.4, -0.2) is 35.7 Å². The number of rotatable bonds is 5. The fourth-order valence-corrected chi connectivity index (χ4v) is 2.29. The van der Waals surface area contributed by atoms with Gasteiger partial charge in [-0.1, -0.05) is 18.2 Å². The predicted molar refractivity (Wildman–Crippen MR) is 91.0 cm³/mol. The highest BCUT2D eigenvalue weighted by molar-refractivity contribution is 6.11. The zero-order chi connectivity index (χ0) is 16.9. The number of H-pyrrole nitrogens is 1. The van der Waals surface area contributed by atoms with Crippen molar-refractivity contribution >= 4 is 34.1 Å². The molecule has 24 heavy (non-hydrogen) atoms. The molecule has 3 aromatic rings. The zero-order valence-corrected chi connectivity index (χ0v) is 13.0.